The molecule has 0 radical (unpaired) electrons. The van der Waals surface area contributed by atoms with Crippen molar-refractivity contribution in [1.29, 1.82) is 0 Å². The Kier molecular flexibility index (Phi) is 5.86. The molecule has 0 aliphatic heterocycles. The van der Waals surface area contributed by atoms with Crippen LogP contribution in [0.3, 0.4) is 0 Å². The fourth-order valence-electron chi connectivity index (χ4n) is 0.477. The molecule has 8 heteroatoms. The van der Waals surface area contributed by atoms with Gasteiger partial charge in [-0.1, -0.05) is 0 Å². The number of hydrogen-bond donors (Lipinski definition) is 0. The van der Waals surface area contributed by atoms with Crippen LogP contribution in [-0.4, -0.2) is 38.8 Å². The molecule has 86 valence electrons. The summed E-state index contributed by atoms with van der Waals surface area (Å²) in [5, 5.41) is 0. The van der Waals surface area contributed by atoms with Gasteiger partial charge in [0, 0.05) is 0 Å². The lowest BCUT2D eigenvalue weighted by molar-refractivity contribution is -0.266. The summed E-state index contributed by atoms with van der Waals surface area (Å²) in [6.45, 7) is -2.15. The van der Waals surface area contributed by atoms with Gasteiger partial charge < -0.3 is 9.47 Å². The van der Waals surface area contributed by atoms with Crippen LogP contribution >= 0.6 is 0 Å². The zero-order valence-electron chi connectivity index (χ0n) is 6.86. The molecule has 0 heterocycles. The highest BCUT2D eigenvalue weighted by atomic mass is 19.4. The van der Waals surface area contributed by atoms with Crippen molar-refractivity contribution < 1.29 is 35.8 Å². The Morgan fingerprint density at radius 1 is 1.00 bits per heavy atom. The predicted molar refractivity (Wildman–Crippen MR) is 33.7 cm³/mol. The van der Waals surface area contributed by atoms with Crippen LogP contribution in [0.4, 0.5) is 26.3 Å². The summed E-state index contributed by atoms with van der Waals surface area (Å²) in [4.78, 5) is 0. The van der Waals surface area contributed by atoms with Gasteiger partial charge in [-0.25, -0.2) is 13.2 Å². The Morgan fingerprint density at radius 2 is 1.57 bits per heavy atom. The fraction of sp³-hybridized carbons (Fsp3) is 1.00. The molecule has 1 unspecified atom stereocenters. The maximum atomic E-state index is 11.9. The van der Waals surface area contributed by atoms with E-state index in [0.717, 1.165) is 0 Å². The van der Waals surface area contributed by atoms with Crippen LogP contribution in [0.2, 0.25) is 0 Å². The SMILES string of the molecule is FC(F)COCCOC(F)C(F)(F)F. The molecule has 0 saturated carbocycles. The largest absolute Gasteiger partial charge is 0.445 e. The van der Waals surface area contributed by atoms with E-state index in [1.54, 1.807) is 0 Å². The number of ether oxygens (including phenoxy) is 2. The van der Waals surface area contributed by atoms with Gasteiger partial charge >= 0.3 is 6.18 Å². The van der Waals surface area contributed by atoms with Crippen LogP contribution in [0.15, 0.2) is 0 Å². The zero-order chi connectivity index (χ0) is 11.2. The first kappa shape index (κ1) is 13.5. The maximum Gasteiger partial charge on any atom is 0.445 e. The van der Waals surface area contributed by atoms with Gasteiger partial charge in [0.15, 0.2) is 0 Å². The molecule has 0 bridgehead atoms. The number of hydrogen-bond acceptors (Lipinski definition) is 2. The quantitative estimate of drug-likeness (QED) is 0.510. The minimum Gasteiger partial charge on any atom is -0.373 e. The third kappa shape index (κ3) is 6.96. The monoisotopic (exact) mass is 226 g/mol. The van der Waals surface area contributed by atoms with E-state index in [-0.39, 0.29) is 0 Å². The summed E-state index contributed by atoms with van der Waals surface area (Å²) in [5.41, 5.74) is 0. The lowest BCUT2D eigenvalue weighted by Crippen LogP contribution is -2.28. The molecule has 2 nitrogen and oxygen atoms in total. The molecule has 0 aromatic carbocycles. The molecule has 0 fully saturated rings. The van der Waals surface area contributed by atoms with E-state index in [4.69, 9.17) is 0 Å². The van der Waals surface area contributed by atoms with Gasteiger partial charge in [-0.05, 0) is 0 Å². The first-order chi connectivity index (χ1) is 6.34. The second-order valence-electron chi connectivity index (χ2n) is 2.19. The lowest BCUT2D eigenvalue weighted by atomic mass is 10.6. The van der Waals surface area contributed by atoms with E-state index >= 15 is 0 Å². The first-order valence-electron chi connectivity index (χ1n) is 3.52. The van der Waals surface area contributed by atoms with Crippen LogP contribution in [0.5, 0.6) is 0 Å². The smallest absolute Gasteiger partial charge is 0.373 e. The number of halogens is 6. The molecule has 1 atom stereocenters. The van der Waals surface area contributed by atoms with Gasteiger partial charge in [0.2, 0.25) is 0 Å². The molecule has 0 aliphatic carbocycles. The fourth-order valence-corrected chi connectivity index (χ4v) is 0.477. The van der Waals surface area contributed by atoms with Gasteiger partial charge in [-0.3, -0.25) is 0 Å². The van der Waals surface area contributed by atoms with Crippen LogP contribution in [0.25, 0.3) is 0 Å². The highest BCUT2D eigenvalue weighted by Gasteiger charge is 2.41. The summed E-state index contributed by atoms with van der Waals surface area (Å²) in [7, 11) is 0. The molecule has 0 aliphatic rings. The van der Waals surface area contributed by atoms with Crippen molar-refractivity contribution in [3.05, 3.63) is 0 Å². The third-order valence-electron chi connectivity index (χ3n) is 0.993. The molecule has 0 saturated heterocycles. The molecule has 14 heavy (non-hydrogen) atoms. The van der Waals surface area contributed by atoms with Crippen molar-refractivity contribution in [3.8, 4) is 0 Å². The molecule has 0 aromatic heterocycles. The highest BCUT2D eigenvalue weighted by Crippen LogP contribution is 2.23. The second kappa shape index (κ2) is 6.07. The Balaban J connectivity index is 3.37. The van der Waals surface area contributed by atoms with E-state index in [0.29, 0.717) is 0 Å². The summed E-state index contributed by atoms with van der Waals surface area (Å²) in [6.07, 6.45) is -11.2. The topological polar surface area (TPSA) is 18.5 Å². The van der Waals surface area contributed by atoms with Crippen LogP contribution in [-0.2, 0) is 9.47 Å². The highest BCUT2D eigenvalue weighted by molar-refractivity contribution is 4.53. The number of alkyl halides is 6. The Hall–Kier alpha value is -0.500. The van der Waals surface area contributed by atoms with Gasteiger partial charge in [0.25, 0.3) is 12.8 Å². The normalized spacial score (nSPS) is 14.8. The number of rotatable bonds is 6. The first-order valence-corrected chi connectivity index (χ1v) is 3.52. The Morgan fingerprint density at radius 3 is 2.00 bits per heavy atom. The summed E-state index contributed by atoms with van der Waals surface area (Å²) in [5.74, 6) is 0. The van der Waals surface area contributed by atoms with E-state index in [2.05, 4.69) is 9.47 Å². The average Bonchev–Trinajstić information content (AvgIpc) is 2.01. The van der Waals surface area contributed by atoms with Crippen molar-refractivity contribution in [2.24, 2.45) is 0 Å². The van der Waals surface area contributed by atoms with Gasteiger partial charge in [-0.2, -0.15) is 13.2 Å². The van der Waals surface area contributed by atoms with Crippen LogP contribution in [0, 0.1) is 0 Å². The van der Waals surface area contributed by atoms with E-state index in [1.807, 2.05) is 0 Å². The van der Waals surface area contributed by atoms with Crippen molar-refractivity contribution in [1.82, 2.24) is 0 Å². The van der Waals surface area contributed by atoms with Crippen LogP contribution in [0.1, 0.15) is 0 Å². The van der Waals surface area contributed by atoms with Crippen molar-refractivity contribution in [2.45, 2.75) is 19.0 Å². The Labute approximate surface area is 75.8 Å². The summed E-state index contributed by atoms with van der Waals surface area (Å²) >= 11 is 0. The predicted octanol–water partition coefficient (Wildman–Crippen LogP) is 2.14. The molecule has 0 rings (SSSR count). The summed E-state index contributed by atoms with van der Waals surface area (Å²) in [6, 6.07) is 0. The molecule has 0 N–H and O–H groups in total. The van der Waals surface area contributed by atoms with Gasteiger partial charge in [0.05, 0.1) is 13.2 Å². The standard InChI is InChI=1S/C6H8F6O2/c7-4(8)3-13-1-2-14-5(9)6(10,11)12/h4-5H,1-3H2. The molecule has 0 amide bonds. The molecule has 0 aromatic rings. The lowest BCUT2D eigenvalue weighted by Gasteiger charge is -2.12. The van der Waals surface area contributed by atoms with Crippen molar-refractivity contribution in [3.63, 3.8) is 0 Å². The molecular formula is C6H8F6O2. The van der Waals surface area contributed by atoms with Crippen molar-refractivity contribution in [2.75, 3.05) is 19.8 Å². The maximum absolute atomic E-state index is 11.9. The van der Waals surface area contributed by atoms with E-state index in [9.17, 15) is 26.3 Å². The third-order valence-corrected chi connectivity index (χ3v) is 0.993. The second-order valence-corrected chi connectivity index (χ2v) is 2.19. The molecular weight excluding hydrogens is 218 g/mol. The van der Waals surface area contributed by atoms with Gasteiger partial charge in [0.1, 0.15) is 6.61 Å². The van der Waals surface area contributed by atoms with E-state index < -0.39 is 38.8 Å². The van der Waals surface area contributed by atoms with Crippen molar-refractivity contribution >= 4 is 0 Å². The minimum absolute atomic E-state index is 0.513. The van der Waals surface area contributed by atoms with E-state index in [1.165, 1.54) is 0 Å². The average molecular weight is 226 g/mol. The van der Waals surface area contributed by atoms with Gasteiger partial charge in [-0.15, -0.1) is 0 Å². The zero-order valence-corrected chi connectivity index (χ0v) is 6.86. The summed E-state index contributed by atoms with van der Waals surface area (Å²) < 4.78 is 76.8. The molecule has 0 spiro atoms. The minimum atomic E-state index is -5.09. The van der Waals surface area contributed by atoms with Crippen LogP contribution < -0.4 is 0 Å². The Bertz CT molecular complexity index is 148.